The Morgan fingerprint density at radius 1 is 1.16 bits per heavy atom. The average molecular weight is 443 g/mol. The molecule has 0 unspecified atom stereocenters. The standard InChI is InChI=1S/C23H27FN4O2S/c1-3-28(4-2)15-20-25-22(27-30-20)23(13-5-6-14-23)26-21(29)19-12-11-18(31-19)16-7-9-17(24)10-8-16/h7-12H,3-6,13-15H2,1-2H3,(H,26,29). The lowest BCUT2D eigenvalue weighted by Gasteiger charge is -2.26. The van der Waals surface area contributed by atoms with Crippen LogP contribution in [-0.2, 0) is 12.1 Å². The van der Waals surface area contributed by atoms with E-state index in [1.165, 1.54) is 23.5 Å². The SMILES string of the molecule is CCN(CC)Cc1nc(C2(NC(=O)c3ccc(-c4ccc(F)cc4)s3)CCCC2)no1. The van der Waals surface area contributed by atoms with Crippen molar-refractivity contribution >= 4 is 17.2 Å². The molecule has 1 aliphatic rings. The van der Waals surface area contributed by atoms with Crippen molar-refractivity contribution < 1.29 is 13.7 Å². The minimum atomic E-state index is -0.595. The van der Waals surface area contributed by atoms with Crippen molar-refractivity contribution in [3.8, 4) is 10.4 Å². The summed E-state index contributed by atoms with van der Waals surface area (Å²) in [7, 11) is 0. The van der Waals surface area contributed by atoms with Crippen LogP contribution in [0.1, 0.15) is 60.9 Å². The van der Waals surface area contributed by atoms with Crippen molar-refractivity contribution in [1.29, 1.82) is 0 Å². The molecule has 0 spiro atoms. The monoisotopic (exact) mass is 442 g/mol. The number of rotatable bonds is 8. The highest BCUT2D eigenvalue weighted by Gasteiger charge is 2.41. The van der Waals surface area contributed by atoms with Gasteiger partial charge in [0, 0.05) is 4.88 Å². The summed E-state index contributed by atoms with van der Waals surface area (Å²) in [4.78, 5) is 21.5. The van der Waals surface area contributed by atoms with Crippen molar-refractivity contribution in [3.63, 3.8) is 0 Å². The first-order valence-electron chi connectivity index (χ1n) is 10.8. The molecule has 0 atom stereocenters. The van der Waals surface area contributed by atoms with Gasteiger partial charge in [-0.25, -0.2) is 4.39 Å². The zero-order valence-corrected chi connectivity index (χ0v) is 18.7. The molecular weight excluding hydrogens is 415 g/mol. The van der Waals surface area contributed by atoms with Gasteiger partial charge in [0.1, 0.15) is 11.4 Å². The highest BCUT2D eigenvalue weighted by Crippen LogP contribution is 2.38. The van der Waals surface area contributed by atoms with E-state index in [4.69, 9.17) is 4.52 Å². The van der Waals surface area contributed by atoms with Gasteiger partial charge in [-0.15, -0.1) is 11.3 Å². The minimum absolute atomic E-state index is 0.143. The number of hydrogen-bond acceptors (Lipinski definition) is 6. The molecule has 2 aromatic heterocycles. The Morgan fingerprint density at radius 2 is 1.87 bits per heavy atom. The van der Waals surface area contributed by atoms with E-state index in [1.54, 1.807) is 12.1 Å². The van der Waals surface area contributed by atoms with Crippen molar-refractivity contribution in [1.82, 2.24) is 20.4 Å². The van der Waals surface area contributed by atoms with Gasteiger partial charge in [0.15, 0.2) is 5.82 Å². The second kappa shape index (κ2) is 9.28. The number of halogens is 1. The van der Waals surface area contributed by atoms with Crippen LogP contribution in [0.3, 0.4) is 0 Å². The van der Waals surface area contributed by atoms with Gasteiger partial charge in [0.05, 0.1) is 11.4 Å². The minimum Gasteiger partial charge on any atom is -0.338 e. The van der Waals surface area contributed by atoms with Gasteiger partial charge < -0.3 is 9.84 Å². The van der Waals surface area contributed by atoms with Crippen molar-refractivity contribution in [2.24, 2.45) is 0 Å². The highest BCUT2D eigenvalue weighted by molar-refractivity contribution is 7.17. The molecule has 6 nitrogen and oxygen atoms in total. The molecule has 31 heavy (non-hydrogen) atoms. The summed E-state index contributed by atoms with van der Waals surface area (Å²) in [5, 5.41) is 7.45. The number of aromatic nitrogens is 2. The van der Waals surface area contributed by atoms with E-state index in [0.717, 1.165) is 49.2 Å². The molecular formula is C23H27FN4O2S. The van der Waals surface area contributed by atoms with Gasteiger partial charge in [0.25, 0.3) is 5.91 Å². The maximum absolute atomic E-state index is 13.2. The fourth-order valence-electron chi connectivity index (χ4n) is 4.04. The van der Waals surface area contributed by atoms with Crippen LogP contribution in [0.15, 0.2) is 40.9 Å². The summed E-state index contributed by atoms with van der Waals surface area (Å²) in [6, 6.07) is 9.99. The van der Waals surface area contributed by atoms with Crippen LogP contribution in [0.25, 0.3) is 10.4 Å². The molecule has 0 aliphatic heterocycles. The predicted molar refractivity (Wildman–Crippen MR) is 118 cm³/mol. The molecule has 0 bridgehead atoms. The smallest absolute Gasteiger partial charge is 0.262 e. The van der Waals surface area contributed by atoms with E-state index >= 15 is 0 Å². The number of hydrogen-bond donors (Lipinski definition) is 1. The number of nitrogens with zero attached hydrogens (tertiary/aromatic N) is 3. The Kier molecular flexibility index (Phi) is 6.48. The van der Waals surface area contributed by atoms with E-state index in [0.29, 0.717) is 23.1 Å². The molecule has 3 aromatic rings. The Hall–Kier alpha value is -2.58. The number of thiophene rings is 1. The maximum Gasteiger partial charge on any atom is 0.262 e. The molecule has 1 fully saturated rings. The Labute approximate surface area is 185 Å². The number of carbonyl (C=O) groups excluding carboxylic acids is 1. The van der Waals surface area contributed by atoms with Crippen LogP contribution >= 0.6 is 11.3 Å². The topological polar surface area (TPSA) is 71.3 Å². The van der Waals surface area contributed by atoms with Gasteiger partial charge in [-0.05, 0) is 55.8 Å². The molecule has 1 aliphatic carbocycles. The van der Waals surface area contributed by atoms with Gasteiger partial charge in [0.2, 0.25) is 5.89 Å². The Bertz CT molecular complexity index is 1020. The molecule has 2 heterocycles. The highest BCUT2D eigenvalue weighted by atomic mass is 32.1. The Morgan fingerprint density at radius 3 is 2.55 bits per heavy atom. The van der Waals surface area contributed by atoms with E-state index in [9.17, 15) is 9.18 Å². The van der Waals surface area contributed by atoms with Gasteiger partial charge in [-0.2, -0.15) is 4.98 Å². The first kappa shape index (κ1) is 21.6. The van der Waals surface area contributed by atoms with Crippen LogP contribution in [-0.4, -0.2) is 34.0 Å². The zero-order chi connectivity index (χ0) is 21.8. The van der Waals surface area contributed by atoms with Crippen LogP contribution in [0.5, 0.6) is 0 Å². The second-order valence-electron chi connectivity index (χ2n) is 7.89. The van der Waals surface area contributed by atoms with Crippen LogP contribution < -0.4 is 5.32 Å². The number of benzene rings is 1. The normalized spacial score (nSPS) is 15.5. The van der Waals surface area contributed by atoms with E-state index in [1.807, 2.05) is 12.1 Å². The van der Waals surface area contributed by atoms with E-state index < -0.39 is 5.54 Å². The van der Waals surface area contributed by atoms with Gasteiger partial charge >= 0.3 is 0 Å². The zero-order valence-electron chi connectivity index (χ0n) is 17.9. The summed E-state index contributed by atoms with van der Waals surface area (Å²) in [6.45, 7) is 6.62. The molecule has 4 rings (SSSR count). The van der Waals surface area contributed by atoms with Crippen LogP contribution in [0.2, 0.25) is 0 Å². The lowest BCUT2D eigenvalue weighted by molar-refractivity contribution is 0.0896. The largest absolute Gasteiger partial charge is 0.338 e. The molecule has 8 heteroatoms. The summed E-state index contributed by atoms with van der Waals surface area (Å²) in [6.07, 6.45) is 3.59. The quantitative estimate of drug-likeness (QED) is 0.533. The average Bonchev–Trinajstić information content (AvgIpc) is 3.53. The summed E-state index contributed by atoms with van der Waals surface area (Å²) >= 11 is 1.39. The third-order valence-electron chi connectivity index (χ3n) is 5.92. The summed E-state index contributed by atoms with van der Waals surface area (Å²) in [5.74, 6) is 0.724. The van der Waals surface area contributed by atoms with Crippen molar-refractivity contribution in [2.75, 3.05) is 13.1 Å². The predicted octanol–water partition coefficient (Wildman–Crippen LogP) is 4.98. The van der Waals surface area contributed by atoms with Crippen LogP contribution in [0.4, 0.5) is 4.39 Å². The fourth-order valence-corrected chi connectivity index (χ4v) is 4.95. The lowest BCUT2D eigenvalue weighted by Crippen LogP contribution is -2.44. The molecule has 1 saturated carbocycles. The molecule has 1 aromatic carbocycles. The molecule has 1 amide bonds. The Balaban J connectivity index is 1.51. The molecule has 1 N–H and O–H groups in total. The third kappa shape index (κ3) is 4.70. The molecule has 0 saturated heterocycles. The van der Waals surface area contributed by atoms with E-state index in [2.05, 4.69) is 34.2 Å². The summed E-state index contributed by atoms with van der Waals surface area (Å²) in [5.41, 5.74) is 0.294. The van der Waals surface area contributed by atoms with Crippen LogP contribution in [0, 0.1) is 5.82 Å². The third-order valence-corrected chi connectivity index (χ3v) is 7.05. The fraction of sp³-hybridized carbons (Fsp3) is 0.435. The van der Waals surface area contributed by atoms with Crippen molar-refractivity contribution in [3.05, 3.63) is 58.8 Å². The van der Waals surface area contributed by atoms with Gasteiger partial charge in [-0.3, -0.25) is 9.69 Å². The first-order chi connectivity index (χ1) is 15.0. The number of carbonyl (C=O) groups is 1. The summed E-state index contributed by atoms with van der Waals surface area (Å²) < 4.78 is 18.7. The molecule has 0 radical (unpaired) electrons. The maximum atomic E-state index is 13.2. The first-order valence-corrected chi connectivity index (χ1v) is 11.6. The lowest BCUT2D eigenvalue weighted by atomic mass is 9.96. The molecule has 164 valence electrons. The number of nitrogens with one attached hydrogen (secondary N) is 1. The van der Waals surface area contributed by atoms with E-state index in [-0.39, 0.29) is 11.7 Å². The number of amides is 1. The van der Waals surface area contributed by atoms with Crippen molar-refractivity contribution in [2.45, 2.75) is 51.6 Å². The second-order valence-corrected chi connectivity index (χ2v) is 8.97. The van der Waals surface area contributed by atoms with Gasteiger partial charge in [-0.1, -0.05) is 44.0 Å².